The summed E-state index contributed by atoms with van der Waals surface area (Å²) in [4.78, 5) is 0. The van der Waals surface area contributed by atoms with Crippen molar-refractivity contribution >= 4 is 10.1 Å². The van der Waals surface area contributed by atoms with Gasteiger partial charge in [-0.2, -0.15) is 8.42 Å². The molecule has 3 nitrogen and oxygen atoms in total. The van der Waals surface area contributed by atoms with Crippen LogP contribution in [0.15, 0.2) is 0 Å². The van der Waals surface area contributed by atoms with Crippen molar-refractivity contribution in [2.75, 3.05) is 0 Å². The molecule has 11 heavy (non-hydrogen) atoms. The molecule has 1 N–H and O–H groups in total. The van der Waals surface area contributed by atoms with E-state index in [2.05, 4.69) is 0 Å². The highest BCUT2D eigenvalue weighted by Gasteiger charge is 2.37. The van der Waals surface area contributed by atoms with Gasteiger partial charge in [-0.25, -0.2) is 0 Å². The Morgan fingerprint density at radius 3 is 1.91 bits per heavy atom. The SMILES string of the molecule is CCC(C)C(C)(C)S(=O)(=O)O. The van der Waals surface area contributed by atoms with Crippen LogP contribution < -0.4 is 0 Å². The Morgan fingerprint density at radius 2 is 1.82 bits per heavy atom. The third kappa shape index (κ3) is 2.17. The van der Waals surface area contributed by atoms with Crippen LogP contribution in [0.5, 0.6) is 0 Å². The van der Waals surface area contributed by atoms with E-state index in [9.17, 15) is 8.42 Å². The number of hydrogen-bond donors (Lipinski definition) is 1. The summed E-state index contributed by atoms with van der Waals surface area (Å²) in [6.07, 6.45) is 0.743. The lowest BCUT2D eigenvalue weighted by Crippen LogP contribution is -2.37. The van der Waals surface area contributed by atoms with E-state index in [0.29, 0.717) is 0 Å². The summed E-state index contributed by atoms with van der Waals surface area (Å²) in [6.45, 7) is 6.79. The van der Waals surface area contributed by atoms with E-state index in [-0.39, 0.29) is 5.92 Å². The third-order valence-electron chi connectivity index (χ3n) is 2.46. The van der Waals surface area contributed by atoms with Crippen LogP contribution in [0.4, 0.5) is 0 Å². The average Bonchev–Trinajstić information content (AvgIpc) is 1.83. The molecule has 0 aliphatic carbocycles. The molecule has 0 rings (SSSR count). The maximum absolute atomic E-state index is 10.8. The molecule has 4 heteroatoms. The zero-order valence-corrected chi connectivity index (χ0v) is 8.27. The molecule has 0 saturated carbocycles. The largest absolute Gasteiger partial charge is 0.285 e. The van der Waals surface area contributed by atoms with Gasteiger partial charge in [-0.05, 0) is 19.8 Å². The van der Waals surface area contributed by atoms with Gasteiger partial charge in [0.15, 0.2) is 0 Å². The van der Waals surface area contributed by atoms with Gasteiger partial charge in [0, 0.05) is 0 Å². The first-order valence-electron chi connectivity index (χ1n) is 3.70. The molecular weight excluding hydrogens is 164 g/mol. The molecule has 0 amide bonds. The number of rotatable bonds is 3. The minimum absolute atomic E-state index is 0.0301. The Morgan fingerprint density at radius 1 is 1.45 bits per heavy atom. The zero-order valence-electron chi connectivity index (χ0n) is 7.46. The molecule has 0 bridgehead atoms. The van der Waals surface area contributed by atoms with Gasteiger partial charge in [0.05, 0.1) is 4.75 Å². The quantitative estimate of drug-likeness (QED) is 0.672. The van der Waals surface area contributed by atoms with Crippen LogP contribution in [-0.2, 0) is 10.1 Å². The maximum Gasteiger partial charge on any atom is 0.270 e. The predicted octanol–water partition coefficient (Wildman–Crippen LogP) is 1.70. The summed E-state index contributed by atoms with van der Waals surface area (Å²) in [6, 6.07) is 0. The van der Waals surface area contributed by atoms with Crippen LogP contribution in [0.2, 0.25) is 0 Å². The molecule has 0 aliphatic heterocycles. The molecule has 0 aromatic rings. The van der Waals surface area contributed by atoms with Gasteiger partial charge in [-0.3, -0.25) is 4.55 Å². The van der Waals surface area contributed by atoms with Crippen molar-refractivity contribution in [1.29, 1.82) is 0 Å². The highest BCUT2D eigenvalue weighted by Crippen LogP contribution is 2.27. The van der Waals surface area contributed by atoms with E-state index in [1.165, 1.54) is 13.8 Å². The van der Waals surface area contributed by atoms with E-state index < -0.39 is 14.9 Å². The van der Waals surface area contributed by atoms with Crippen LogP contribution >= 0.6 is 0 Å². The van der Waals surface area contributed by atoms with Gasteiger partial charge in [-0.1, -0.05) is 20.3 Å². The van der Waals surface area contributed by atoms with Gasteiger partial charge < -0.3 is 0 Å². The Bertz CT molecular complexity index is 216. The first-order chi connectivity index (χ1) is 4.73. The summed E-state index contributed by atoms with van der Waals surface area (Å²) in [7, 11) is -3.91. The molecule has 0 radical (unpaired) electrons. The van der Waals surface area contributed by atoms with Crippen LogP contribution in [0.25, 0.3) is 0 Å². The van der Waals surface area contributed by atoms with Crippen molar-refractivity contribution in [2.45, 2.75) is 38.9 Å². The van der Waals surface area contributed by atoms with Crippen LogP contribution in [-0.4, -0.2) is 17.7 Å². The van der Waals surface area contributed by atoms with E-state index in [0.717, 1.165) is 6.42 Å². The fourth-order valence-corrected chi connectivity index (χ4v) is 1.42. The van der Waals surface area contributed by atoms with Gasteiger partial charge in [0.2, 0.25) is 0 Å². The molecule has 0 aliphatic rings. The molecule has 0 aromatic heterocycles. The lowest BCUT2D eigenvalue weighted by molar-refractivity contribution is 0.369. The molecular formula is C7H16O3S. The highest BCUT2D eigenvalue weighted by atomic mass is 32.2. The van der Waals surface area contributed by atoms with Crippen LogP contribution in [0, 0.1) is 5.92 Å². The van der Waals surface area contributed by atoms with Crippen molar-refractivity contribution in [3.63, 3.8) is 0 Å². The van der Waals surface area contributed by atoms with Gasteiger partial charge in [-0.15, -0.1) is 0 Å². The topological polar surface area (TPSA) is 54.4 Å². The number of hydrogen-bond acceptors (Lipinski definition) is 2. The minimum atomic E-state index is -3.91. The second kappa shape index (κ2) is 3.11. The normalized spacial score (nSPS) is 16.5. The van der Waals surface area contributed by atoms with E-state index in [1.807, 2.05) is 13.8 Å². The van der Waals surface area contributed by atoms with Crippen molar-refractivity contribution in [3.8, 4) is 0 Å². The summed E-state index contributed by atoms with van der Waals surface area (Å²) in [5.41, 5.74) is 0. The first kappa shape index (κ1) is 10.9. The monoisotopic (exact) mass is 180 g/mol. The Labute approximate surface area is 68.6 Å². The standard InChI is InChI=1S/C7H16O3S/c1-5-6(2)7(3,4)11(8,9)10/h6H,5H2,1-4H3,(H,8,9,10). The van der Waals surface area contributed by atoms with Gasteiger partial charge >= 0.3 is 0 Å². The summed E-state index contributed by atoms with van der Waals surface area (Å²) >= 11 is 0. The maximum atomic E-state index is 10.8. The van der Waals surface area contributed by atoms with E-state index in [1.54, 1.807) is 0 Å². The van der Waals surface area contributed by atoms with Crippen LogP contribution in [0.1, 0.15) is 34.1 Å². The molecule has 1 unspecified atom stereocenters. The van der Waals surface area contributed by atoms with E-state index >= 15 is 0 Å². The summed E-state index contributed by atoms with van der Waals surface area (Å²) in [5.74, 6) is -0.0301. The molecule has 1 atom stereocenters. The highest BCUT2D eigenvalue weighted by molar-refractivity contribution is 7.87. The first-order valence-corrected chi connectivity index (χ1v) is 5.14. The second-order valence-corrected chi connectivity index (χ2v) is 5.39. The fraction of sp³-hybridized carbons (Fsp3) is 1.00. The predicted molar refractivity (Wildman–Crippen MR) is 45.1 cm³/mol. The smallest absolute Gasteiger partial charge is 0.270 e. The molecule has 68 valence electrons. The Hall–Kier alpha value is -0.0900. The van der Waals surface area contributed by atoms with Crippen molar-refractivity contribution in [2.24, 2.45) is 5.92 Å². The van der Waals surface area contributed by atoms with Crippen LogP contribution in [0.3, 0.4) is 0 Å². The van der Waals surface area contributed by atoms with E-state index in [4.69, 9.17) is 4.55 Å². The lowest BCUT2D eigenvalue weighted by Gasteiger charge is -2.27. The molecule has 0 fully saturated rings. The zero-order chi connectivity index (χ0) is 9.28. The molecule has 0 saturated heterocycles. The second-order valence-electron chi connectivity index (χ2n) is 3.39. The van der Waals surface area contributed by atoms with Crippen molar-refractivity contribution in [1.82, 2.24) is 0 Å². The third-order valence-corrected chi connectivity index (χ3v) is 4.20. The minimum Gasteiger partial charge on any atom is -0.285 e. The Balaban J connectivity index is 4.74. The average molecular weight is 180 g/mol. The lowest BCUT2D eigenvalue weighted by atomic mass is 9.95. The summed E-state index contributed by atoms with van der Waals surface area (Å²) < 4.78 is 29.4. The van der Waals surface area contributed by atoms with Gasteiger partial charge in [0.25, 0.3) is 10.1 Å². The molecule has 0 spiro atoms. The van der Waals surface area contributed by atoms with Crippen molar-refractivity contribution in [3.05, 3.63) is 0 Å². The fourth-order valence-electron chi connectivity index (χ4n) is 0.746. The van der Waals surface area contributed by atoms with Crippen molar-refractivity contribution < 1.29 is 13.0 Å². The van der Waals surface area contributed by atoms with Gasteiger partial charge in [0.1, 0.15) is 0 Å². The molecule has 0 heterocycles. The summed E-state index contributed by atoms with van der Waals surface area (Å²) in [5, 5.41) is 0. The molecule has 0 aromatic carbocycles. The Kier molecular flexibility index (Phi) is 3.08.